The maximum absolute atomic E-state index is 6.32. The van der Waals surface area contributed by atoms with Gasteiger partial charge in [-0.3, -0.25) is 0 Å². The van der Waals surface area contributed by atoms with Crippen LogP contribution in [0.5, 0.6) is 5.75 Å². The average molecular weight is 255 g/mol. The highest BCUT2D eigenvalue weighted by molar-refractivity contribution is 5.88. The number of benzene rings is 2. The normalized spacial score (nSPS) is 20.6. The topological polar surface area (TPSA) is 21.3 Å². The molecule has 3 rings (SSSR count). The minimum atomic E-state index is 0.320. The third kappa shape index (κ3) is 2.59. The summed E-state index contributed by atoms with van der Waals surface area (Å²) < 4.78 is 6.32. The molecule has 0 saturated carbocycles. The molecule has 0 amide bonds. The number of fused-ring (bicyclic) bond motifs is 1. The highest BCUT2D eigenvalue weighted by Gasteiger charge is 2.25. The van der Waals surface area contributed by atoms with Gasteiger partial charge >= 0.3 is 0 Å². The predicted octanol–water partition coefficient (Wildman–Crippen LogP) is 3.61. The van der Waals surface area contributed by atoms with Gasteiger partial charge in [0.1, 0.15) is 11.9 Å². The number of nitrogens with one attached hydrogen (secondary N) is 1. The van der Waals surface area contributed by atoms with Gasteiger partial charge in [0.05, 0.1) is 0 Å². The maximum Gasteiger partial charge on any atom is 0.127 e. The second-order valence-electron chi connectivity index (χ2n) is 5.29. The first-order chi connectivity index (χ1) is 9.38. The Kier molecular flexibility index (Phi) is 3.69. The Morgan fingerprint density at radius 1 is 1.21 bits per heavy atom. The van der Waals surface area contributed by atoms with E-state index in [1.165, 1.54) is 17.2 Å². The van der Waals surface area contributed by atoms with Crippen molar-refractivity contribution in [2.45, 2.75) is 25.9 Å². The first-order valence-electron chi connectivity index (χ1n) is 7.23. The zero-order valence-electron chi connectivity index (χ0n) is 11.4. The van der Waals surface area contributed by atoms with Crippen LogP contribution in [0.2, 0.25) is 0 Å². The van der Waals surface area contributed by atoms with Crippen molar-refractivity contribution < 1.29 is 4.74 Å². The second kappa shape index (κ2) is 5.62. The number of hydrogen-bond acceptors (Lipinski definition) is 2. The maximum atomic E-state index is 6.32. The molecule has 19 heavy (non-hydrogen) atoms. The van der Waals surface area contributed by atoms with Crippen LogP contribution in [-0.4, -0.2) is 19.2 Å². The molecule has 1 fully saturated rings. The van der Waals surface area contributed by atoms with E-state index >= 15 is 0 Å². The molecule has 1 heterocycles. The third-order valence-electron chi connectivity index (χ3n) is 4.05. The second-order valence-corrected chi connectivity index (χ2v) is 5.29. The molecule has 0 aliphatic carbocycles. The molecule has 0 radical (unpaired) electrons. The molecular formula is C17H21NO. The molecule has 1 aliphatic heterocycles. The zero-order chi connectivity index (χ0) is 13.1. The summed E-state index contributed by atoms with van der Waals surface area (Å²) in [5.74, 6) is 1.67. The fourth-order valence-electron chi connectivity index (χ4n) is 2.97. The van der Waals surface area contributed by atoms with E-state index in [4.69, 9.17) is 4.74 Å². The molecule has 1 aliphatic rings. The summed E-state index contributed by atoms with van der Waals surface area (Å²) >= 11 is 0. The van der Waals surface area contributed by atoms with Crippen molar-refractivity contribution in [2.24, 2.45) is 5.92 Å². The van der Waals surface area contributed by atoms with Crippen LogP contribution in [0.3, 0.4) is 0 Å². The van der Waals surface area contributed by atoms with Gasteiger partial charge in [-0.05, 0) is 30.8 Å². The van der Waals surface area contributed by atoms with Gasteiger partial charge in [-0.25, -0.2) is 0 Å². The molecule has 1 saturated heterocycles. The van der Waals surface area contributed by atoms with E-state index in [1.807, 2.05) is 0 Å². The molecule has 2 atom stereocenters. The van der Waals surface area contributed by atoms with Crippen LogP contribution in [0.4, 0.5) is 0 Å². The largest absolute Gasteiger partial charge is 0.489 e. The van der Waals surface area contributed by atoms with Crippen LogP contribution in [0, 0.1) is 5.92 Å². The van der Waals surface area contributed by atoms with E-state index in [0.717, 1.165) is 25.3 Å². The Balaban J connectivity index is 1.87. The van der Waals surface area contributed by atoms with Gasteiger partial charge in [-0.15, -0.1) is 0 Å². The smallest absolute Gasteiger partial charge is 0.127 e. The lowest BCUT2D eigenvalue weighted by atomic mass is 9.99. The Morgan fingerprint density at radius 3 is 2.84 bits per heavy atom. The van der Waals surface area contributed by atoms with E-state index in [0.29, 0.717) is 12.0 Å². The fourth-order valence-corrected chi connectivity index (χ4v) is 2.97. The van der Waals surface area contributed by atoms with Gasteiger partial charge in [0, 0.05) is 17.8 Å². The monoisotopic (exact) mass is 255 g/mol. The highest BCUT2D eigenvalue weighted by Crippen LogP contribution is 2.29. The summed E-state index contributed by atoms with van der Waals surface area (Å²) in [4.78, 5) is 0. The molecule has 2 aromatic rings. The van der Waals surface area contributed by atoms with Gasteiger partial charge in [0.15, 0.2) is 0 Å². The van der Waals surface area contributed by atoms with Crippen LogP contribution in [-0.2, 0) is 0 Å². The summed E-state index contributed by atoms with van der Waals surface area (Å²) in [6, 6.07) is 14.7. The Bertz CT molecular complexity index is 540. The predicted molar refractivity (Wildman–Crippen MR) is 79.6 cm³/mol. The summed E-state index contributed by atoms with van der Waals surface area (Å²) in [7, 11) is 0. The van der Waals surface area contributed by atoms with Crippen LogP contribution in [0.15, 0.2) is 42.5 Å². The summed E-state index contributed by atoms with van der Waals surface area (Å²) in [5.41, 5.74) is 0. The van der Waals surface area contributed by atoms with E-state index in [2.05, 4.69) is 54.7 Å². The first kappa shape index (κ1) is 12.5. The summed E-state index contributed by atoms with van der Waals surface area (Å²) in [6.45, 7) is 4.43. The minimum absolute atomic E-state index is 0.320. The molecule has 0 unspecified atom stereocenters. The van der Waals surface area contributed by atoms with Crippen molar-refractivity contribution >= 4 is 10.8 Å². The van der Waals surface area contributed by atoms with E-state index in [1.54, 1.807) is 0 Å². The van der Waals surface area contributed by atoms with Gasteiger partial charge in [-0.2, -0.15) is 0 Å². The van der Waals surface area contributed by atoms with Crippen LogP contribution in [0.1, 0.15) is 19.8 Å². The lowest BCUT2D eigenvalue weighted by Crippen LogP contribution is -2.28. The molecular weight excluding hydrogens is 234 g/mol. The standard InChI is InChI=1S/C17H21NO/c1-2-16(14-10-11-18-12-14)19-17-9-5-7-13-6-3-4-8-15(13)17/h3-9,14,16,18H,2,10-12H2,1H3/t14-,16+/m0/s1. The van der Waals surface area contributed by atoms with Crippen molar-refractivity contribution in [3.05, 3.63) is 42.5 Å². The SMILES string of the molecule is CC[C@@H](Oc1cccc2ccccc12)[C@H]1CCNC1. The molecule has 2 heteroatoms. The molecule has 0 aromatic heterocycles. The fraction of sp³-hybridized carbons (Fsp3) is 0.412. The quantitative estimate of drug-likeness (QED) is 0.901. The van der Waals surface area contributed by atoms with E-state index in [9.17, 15) is 0 Å². The first-order valence-corrected chi connectivity index (χ1v) is 7.23. The highest BCUT2D eigenvalue weighted by atomic mass is 16.5. The number of hydrogen-bond donors (Lipinski definition) is 1. The van der Waals surface area contributed by atoms with Crippen molar-refractivity contribution in [3.8, 4) is 5.75 Å². The third-order valence-corrected chi connectivity index (χ3v) is 4.05. The molecule has 2 aromatic carbocycles. The molecule has 2 nitrogen and oxygen atoms in total. The van der Waals surface area contributed by atoms with E-state index in [-0.39, 0.29) is 0 Å². The van der Waals surface area contributed by atoms with Gasteiger partial charge in [-0.1, -0.05) is 43.3 Å². The van der Waals surface area contributed by atoms with Crippen molar-refractivity contribution in [1.29, 1.82) is 0 Å². The van der Waals surface area contributed by atoms with Gasteiger partial charge in [0.25, 0.3) is 0 Å². The van der Waals surface area contributed by atoms with Crippen molar-refractivity contribution in [2.75, 3.05) is 13.1 Å². The number of ether oxygens (including phenoxy) is 1. The zero-order valence-corrected chi connectivity index (χ0v) is 11.4. The van der Waals surface area contributed by atoms with Gasteiger partial charge < -0.3 is 10.1 Å². The van der Waals surface area contributed by atoms with Crippen molar-refractivity contribution in [3.63, 3.8) is 0 Å². The Labute approximate surface area is 114 Å². The lowest BCUT2D eigenvalue weighted by molar-refractivity contribution is 0.140. The Hall–Kier alpha value is -1.54. The van der Waals surface area contributed by atoms with E-state index < -0.39 is 0 Å². The van der Waals surface area contributed by atoms with Crippen LogP contribution in [0.25, 0.3) is 10.8 Å². The summed E-state index contributed by atoms with van der Waals surface area (Å²) in [5, 5.41) is 5.90. The van der Waals surface area contributed by atoms with Crippen molar-refractivity contribution in [1.82, 2.24) is 5.32 Å². The molecule has 0 bridgehead atoms. The lowest BCUT2D eigenvalue weighted by Gasteiger charge is -2.23. The molecule has 0 spiro atoms. The van der Waals surface area contributed by atoms with Crippen LogP contribution >= 0.6 is 0 Å². The Morgan fingerprint density at radius 2 is 2.05 bits per heavy atom. The summed E-state index contributed by atoms with van der Waals surface area (Å²) in [6.07, 6.45) is 2.61. The molecule has 1 N–H and O–H groups in total. The van der Waals surface area contributed by atoms with Gasteiger partial charge in [0.2, 0.25) is 0 Å². The molecule has 100 valence electrons. The van der Waals surface area contributed by atoms with Crippen LogP contribution < -0.4 is 10.1 Å². The number of rotatable bonds is 4. The minimum Gasteiger partial charge on any atom is -0.489 e. The average Bonchev–Trinajstić information content (AvgIpc) is 2.99.